The summed E-state index contributed by atoms with van der Waals surface area (Å²) in [5.74, 6) is -0.681. The molecule has 0 unspecified atom stereocenters. The van der Waals surface area contributed by atoms with Gasteiger partial charge in [0.15, 0.2) is 6.61 Å². The molecule has 2 aromatic carbocycles. The van der Waals surface area contributed by atoms with E-state index in [9.17, 15) is 14.0 Å². The third-order valence-electron chi connectivity index (χ3n) is 4.74. The quantitative estimate of drug-likeness (QED) is 0.661. The molecule has 0 saturated carbocycles. The second kappa shape index (κ2) is 10.1. The lowest BCUT2D eigenvalue weighted by molar-refractivity contribution is -0.142. The molecule has 1 N–H and O–H groups in total. The monoisotopic (exact) mass is 448 g/mol. The smallest absolute Gasteiger partial charge is 0.261 e. The van der Waals surface area contributed by atoms with Gasteiger partial charge in [-0.05, 0) is 70.9 Å². The fourth-order valence-electron chi connectivity index (χ4n) is 3.08. The molecule has 2 aromatic rings. The zero-order chi connectivity index (χ0) is 23.3. The van der Waals surface area contributed by atoms with Crippen molar-refractivity contribution in [1.29, 1.82) is 0 Å². The van der Waals surface area contributed by atoms with E-state index >= 15 is 0 Å². The third kappa shape index (κ3) is 6.96. The summed E-state index contributed by atoms with van der Waals surface area (Å²) in [5, 5.41) is 3.51. The number of benzene rings is 2. The van der Waals surface area contributed by atoms with Crippen LogP contribution in [0.15, 0.2) is 36.4 Å². The predicted molar refractivity (Wildman–Crippen MR) is 121 cm³/mol. The number of nitrogens with zero attached hydrogens (tertiary/aromatic N) is 1. The molecule has 168 valence electrons. The lowest BCUT2D eigenvalue weighted by Gasteiger charge is -2.31. The summed E-state index contributed by atoms with van der Waals surface area (Å²) in [4.78, 5) is 27.1. The van der Waals surface area contributed by atoms with Crippen LogP contribution in [-0.4, -0.2) is 34.9 Å². The summed E-state index contributed by atoms with van der Waals surface area (Å²) in [7, 11) is 0. The van der Waals surface area contributed by atoms with E-state index in [1.54, 1.807) is 37.3 Å². The second-order valence-electron chi connectivity index (χ2n) is 8.69. The van der Waals surface area contributed by atoms with Crippen LogP contribution in [0.2, 0.25) is 5.02 Å². The van der Waals surface area contributed by atoms with Gasteiger partial charge in [-0.15, -0.1) is 0 Å². The minimum absolute atomic E-state index is 0.0493. The zero-order valence-electron chi connectivity index (χ0n) is 18.9. The van der Waals surface area contributed by atoms with Crippen LogP contribution >= 0.6 is 11.6 Å². The summed E-state index contributed by atoms with van der Waals surface area (Å²) >= 11 is 6.19. The molecule has 0 heterocycles. The van der Waals surface area contributed by atoms with E-state index in [0.29, 0.717) is 16.3 Å². The number of ether oxygens (including phenoxy) is 1. The molecule has 2 rings (SSSR count). The van der Waals surface area contributed by atoms with Crippen LogP contribution in [0.25, 0.3) is 0 Å². The molecule has 0 aromatic heterocycles. The van der Waals surface area contributed by atoms with Crippen molar-refractivity contribution in [2.75, 3.05) is 6.61 Å². The number of rotatable bonds is 7. The van der Waals surface area contributed by atoms with Crippen LogP contribution in [0.3, 0.4) is 0 Å². The molecule has 0 radical (unpaired) electrons. The van der Waals surface area contributed by atoms with E-state index in [-0.39, 0.29) is 19.1 Å². The molecular weight excluding hydrogens is 419 g/mol. The molecule has 2 amide bonds. The van der Waals surface area contributed by atoms with Gasteiger partial charge in [-0.3, -0.25) is 9.59 Å². The number of nitrogens with one attached hydrogen (secondary N) is 1. The largest absolute Gasteiger partial charge is 0.484 e. The maximum Gasteiger partial charge on any atom is 0.261 e. The Kier molecular flexibility index (Phi) is 8.07. The van der Waals surface area contributed by atoms with Gasteiger partial charge >= 0.3 is 0 Å². The Labute approximate surface area is 188 Å². The van der Waals surface area contributed by atoms with Crippen molar-refractivity contribution in [3.05, 3.63) is 63.9 Å². The Hall–Kier alpha value is -2.60. The normalized spacial score (nSPS) is 12.3. The molecule has 31 heavy (non-hydrogen) atoms. The Morgan fingerprint density at radius 1 is 1.16 bits per heavy atom. The number of halogens is 2. The van der Waals surface area contributed by atoms with Crippen molar-refractivity contribution >= 4 is 23.4 Å². The highest BCUT2D eigenvalue weighted by Crippen LogP contribution is 2.26. The van der Waals surface area contributed by atoms with E-state index in [1.165, 1.54) is 11.0 Å². The van der Waals surface area contributed by atoms with Crippen molar-refractivity contribution < 1.29 is 18.7 Å². The first-order valence-electron chi connectivity index (χ1n) is 10.1. The summed E-state index contributed by atoms with van der Waals surface area (Å²) in [6.45, 7) is 10.6. The Morgan fingerprint density at radius 2 is 1.74 bits per heavy atom. The minimum atomic E-state index is -0.816. The molecule has 0 fully saturated rings. The molecule has 0 aliphatic carbocycles. The van der Waals surface area contributed by atoms with Gasteiger partial charge < -0.3 is 15.0 Å². The van der Waals surface area contributed by atoms with Crippen LogP contribution in [-0.2, 0) is 16.1 Å². The number of carbonyl (C=O) groups is 2. The van der Waals surface area contributed by atoms with Crippen LogP contribution in [0.5, 0.6) is 5.75 Å². The second-order valence-corrected chi connectivity index (χ2v) is 9.07. The third-order valence-corrected chi connectivity index (χ3v) is 5.33. The van der Waals surface area contributed by atoms with Gasteiger partial charge in [0.25, 0.3) is 5.91 Å². The van der Waals surface area contributed by atoms with E-state index in [2.05, 4.69) is 5.32 Å². The van der Waals surface area contributed by atoms with Crippen LogP contribution in [0, 0.1) is 19.7 Å². The Bertz CT molecular complexity index is 933. The maximum atomic E-state index is 14.2. The average Bonchev–Trinajstić information content (AvgIpc) is 2.67. The summed E-state index contributed by atoms with van der Waals surface area (Å²) in [5.41, 5.74) is 1.53. The van der Waals surface area contributed by atoms with Gasteiger partial charge in [0.05, 0.1) is 0 Å². The SMILES string of the molecule is Cc1cc(OCC(=O)N(Cc2ccccc2F)[C@@H](C)C(=O)NC(C)(C)C)cc(C)c1Cl. The highest BCUT2D eigenvalue weighted by atomic mass is 35.5. The molecule has 1 atom stereocenters. The molecule has 5 nitrogen and oxygen atoms in total. The summed E-state index contributed by atoms with van der Waals surface area (Å²) in [6, 6.07) is 8.87. The summed E-state index contributed by atoms with van der Waals surface area (Å²) in [6.07, 6.45) is 0. The van der Waals surface area contributed by atoms with Crippen molar-refractivity contribution in [3.63, 3.8) is 0 Å². The van der Waals surface area contributed by atoms with E-state index in [0.717, 1.165) is 11.1 Å². The van der Waals surface area contributed by atoms with Gasteiger partial charge in [-0.2, -0.15) is 0 Å². The molecule has 0 aliphatic heterocycles. The van der Waals surface area contributed by atoms with Crippen LogP contribution in [0.1, 0.15) is 44.4 Å². The van der Waals surface area contributed by atoms with Gasteiger partial charge in [0, 0.05) is 22.7 Å². The van der Waals surface area contributed by atoms with Gasteiger partial charge in [0.1, 0.15) is 17.6 Å². The fourth-order valence-corrected chi connectivity index (χ4v) is 3.19. The fraction of sp³-hybridized carbons (Fsp3) is 0.417. The average molecular weight is 449 g/mol. The van der Waals surface area contributed by atoms with E-state index < -0.39 is 23.3 Å². The maximum absolute atomic E-state index is 14.2. The molecule has 0 aliphatic rings. The first kappa shape index (κ1) is 24.7. The molecule has 0 spiro atoms. The number of aryl methyl sites for hydroxylation is 2. The number of hydrogen-bond acceptors (Lipinski definition) is 3. The standard InChI is InChI=1S/C24H30ClFN2O3/c1-15-11-19(12-16(2)22(15)25)31-14-21(29)28(13-18-9-7-8-10-20(18)26)17(3)23(30)27-24(4,5)6/h7-12,17H,13-14H2,1-6H3,(H,27,30)/t17-/m0/s1. The van der Waals surface area contributed by atoms with Crippen LogP contribution < -0.4 is 10.1 Å². The highest BCUT2D eigenvalue weighted by molar-refractivity contribution is 6.32. The van der Waals surface area contributed by atoms with E-state index in [4.69, 9.17) is 16.3 Å². The first-order valence-corrected chi connectivity index (χ1v) is 10.5. The van der Waals surface area contributed by atoms with E-state index in [1.807, 2.05) is 34.6 Å². The number of hydrogen-bond donors (Lipinski definition) is 1. The summed E-state index contributed by atoms with van der Waals surface area (Å²) < 4.78 is 19.9. The molecule has 7 heteroatoms. The van der Waals surface area contributed by atoms with Crippen molar-refractivity contribution in [3.8, 4) is 5.75 Å². The first-order chi connectivity index (χ1) is 14.4. The van der Waals surface area contributed by atoms with Gasteiger partial charge in [-0.25, -0.2) is 4.39 Å². The van der Waals surface area contributed by atoms with Crippen molar-refractivity contribution in [1.82, 2.24) is 10.2 Å². The number of carbonyl (C=O) groups excluding carboxylic acids is 2. The predicted octanol–water partition coefficient (Wildman–Crippen LogP) is 4.81. The molecule has 0 saturated heterocycles. The lowest BCUT2D eigenvalue weighted by Crippen LogP contribution is -2.53. The zero-order valence-corrected chi connectivity index (χ0v) is 19.6. The number of amides is 2. The van der Waals surface area contributed by atoms with Gasteiger partial charge in [-0.1, -0.05) is 29.8 Å². The van der Waals surface area contributed by atoms with Crippen LogP contribution in [0.4, 0.5) is 4.39 Å². The molecule has 0 bridgehead atoms. The van der Waals surface area contributed by atoms with Gasteiger partial charge in [0.2, 0.25) is 5.91 Å². The topological polar surface area (TPSA) is 58.6 Å². The van der Waals surface area contributed by atoms with Crippen molar-refractivity contribution in [2.24, 2.45) is 0 Å². The highest BCUT2D eigenvalue weighted by Gasteiger charge is 2.29. The Morgan fingerprint density at radius 3 is 2.29 bits per heavy atom. The Balaban J connectivity index is 2.23. The van der Waals surface area contributed by atoms with Crippen molar-refractivity contribution in [2.45, 2.75) is 59.7 Å². The minimum Gasteiger partial charge on any atom is -0.484 e. The molecular formula is C24H30ClFN2O3. The lowest BCUT2D eigenvalue weighted by atomic mass is 10.1.